The number of nitrogens with one attached hydrogen (secondary N) is 1. The maximum Gasteiger partial charge on any atom is 0.251 e. The summed E-state index contributed by atoms with van der Waals surface area (Å²) in [6.07, 6.45) is 0.411. The third kappa shape index (κ3) is 4.48. The number of rotatable bonds is 5. The van der Waals surface area contributed by atoms with Crippen LogP contribution >= 0.6 is 15.9 Å². The van der Waals surface area contributed by atoms with Gasteiger partial charge in [0.25, 0.3) is 5.91 Å². The molecule has 0 radical (unpaired) electrons. The van der Waals surface area contributed by atoms with Gasteiger partial charge in [0.1, 0.15) is 0 Å². The summed E-state index contributed by atoms with van der Waals surface area (Å²) in [6, 6.07) is 7.13. The van der Waals surface area contributed by atoms with Crippen LogP contribution in [0.25, 0.3) is 0 Å². The summed E-state index contributed by atoms with van der Waals surface area (Å²) < 4.78 is 0.939. The molecule has 0 fully saturated rings. The van der Waals surface area contributed by atoms with E-state index >= 15 is 0 Å². The van der Waals surface area contributed by atoms with Crippen molar-refractivity contribution >= 4 is 21.8 Å². The predicted molar refractivity (Wildman–Crippen MR) is 71.9 cm³/mol. The van der Waals surface area contributed by atoms with Crippen LogP contribution in [0, 0.1) is 5.92 Å². The molecule has 1 rings (SSSR count). The molecule has 1 aromatic rings. The second-order valence-corrected chi connectivity index (χ2v) is 5.09. The van der Waals surface area contributed by atoms with Crippen molar-refractivity contribution in [2.45, 2.75) is 26.4 Å². The van der Waals surface area contributed by atoms with Crippen LogP contribution in [0.4, 0.5) is 0 Å². The molecule has 0 saturated heterocycles. The molecule has 0 heterocycles. The third-order valence-corrected chi connectivity index (χ3v) is 3.41. The molecular weight excluding hydrogens is 282 g/mol. The average molecular weight is 300 g/mol. The van der Waals surface area contributed by atoms with Gasteiger partial charge in [0, 0.05) is 16.6 Å². The number of hydrogen-bond acceptors (Lipinski definition) is 2. The molecule has 0 aliphatic heterocycles. The highest BCUT2D eigenvalue weighted by Gasteiger charge is 2.13. The van der Waals surface area contributed by atoms with E-state index in [1.165, 1.54) is 0 Å². The van der Waals surface area contributed by atoms with Gasteiger partial charge in [-0.3, -0.25) is 4.79 Å². The normalized spacial score (nSPS) is 14.1. The van der Waals surface area contributed by atoms with Gasteiger partial charge in [0.15, 0.2) is 0 Å². The van der Waals surface area contributed by atoms with Crippen LogP contribution < -0.4 is 5.32 Å². The summed E-state index contributed by atoms with van der Waals surface area (Å²) in [5, 5.41) is 12.5. The zero-order valence-electron chi connectivity index (χ0n) is 10.1. The molecule has 94 valence electrons. The molecule has 0 spiro atoms. The minimum Gasteiger partial charge on any atom is -0.391 e. The van der Waals surface area contributed by atoms with Crippen LogP contribution in [0.15, 0.2) is 28.7 Å². The first-order chi connectivity index (χ1) is 8.04. The molecule has 4 heteroatoms. The summed E-state index contributed by atoms with van der Waals surface area (Å²) >= 11 is 3.31. The lowest BCUT2D eigenvalue weighted by molar-refractivity contribution is 0.0850. The van der Waals surface area contributed by atoms with E-state index in [4.69, 9.17) is 0 Å². The van der Waals surface area contributed by atoms with Crippen LogP contribution in [0.1, 0.15) is 30.6 Å². The van der Waals surface area contributed by atoms with Crippen LogP contribution in [0.2, 0.25) is 0 Å². The molecule has 0 aliphatic rings. The van der Waals surface area contributed by atoms with Gasteiger partial charge >= 0.3 is 0 Å². The van der Waals surface area contributed by atoms with Gasteiger partial charge in [-0.25, -0.2) is 0 Å². The van der Waals surface area contributed by atoms with Gasteiger partial charge in [-0.15, -0.1) is 0 Å². The highest BCUT2D eigenvalue weighted by Crippen LogP contribution is 2.11. The number of carbonyl (C=O) groups is 1. The van der Waals surface area contributed by atoms with Gasteiger partial charge in [0.2, 0.25) is 0 Å². The van der Waals surface area contributed by atoms with E-state index in [1.54, 1.807) is 12.1 Å². The Morgan fingerprint density at radius 2 is 2.00 bits per heavy atom. The molecule has 2 atom stereocenters. The van der Waals surface area contributed by atoms with Gasteiger partial charge in [-0.05, 0) is 30.2 Å². The maximum atomic E-state index is 11.7. The third-order valence-electron chi connectivity index (χ3n) is 2.88. The van der Waals surface area contributed by atoms with E-state index in [1.807, 2.05) is 26.0 Å². The summed E-state index contributed by atoms with van der Waals surface area (Å²) in [7, 11) is 0. The zero-order valence-corrected chi connectivity index (χ0v) is 11.7. The standard InChI is InChI=1S/C13H18BrNO2/c1-3-9(2)12(16)8-15-13(17)10-4-6-11(14)7-5-10/h4-7,9,12,16H,3,8H2,1-2H3,(H,15,17). The number of aliphatic hydroxyl groups is 1. The molecule has 17 heavy (non-hydrogen) atoms. The Labute approximate surface area is 110 Å². The van der Waals surface area contributed by atoms with E-state index in [0.717, 1.165) is 10.9 Å². The largest absolute Gasteiger partial charge is 0.391 e. The van der Waals surface area contributed by atoms with E-state index in [9.17, 15) is 9.90 Å². The highest BCUT2D eigenvalue weighted by molar-refractivity contribution is 9.10. The number of halogens is 1. The minimum absolute atomic E-state index is 0.153. The van der Waals surface area contributed by atoms with Crippen molar-refractivity contribution in [3.8, 4) is 0 Å². The van der Waals surface area contributed by atoms with Crippen LogP contribution in [0.5, 0.6) is 0 Å². The molecule has 3 nitrogen and oxygen atoms in total. The van der Waals surface area contributed by atoms with Gasteiger partial charge < -0.3 is 10.4 Å². The number of amides is 1. The van der Waals surface area contributed by atoms with Crippen molar-refractivity contribution in [1.29, 1.82) is 0 Å². The lowest BCUT2D eigenvalue weighted by Gasteiger charge is -2.17. The fraction of sp³-hybridized carbons (Fsp3) is 0.462. The number of aliphatic hydroxyl groups excluding tert-OH is 1. The van der Waals surface area contributed by atoms with Gasteiger partial charge in [0.05, 0.1) is 6.10 Å². The van der Waals surface area contributed by atoms with Gasteiger partial charge in [-0.1, -0.05) is 36.2 Å². The first kappa shape index (κ1) is 14.2. The van der Waals surface area contributed by atoms with Crippen molar-refractivity contribution in [2.75, 3.05) is 6.54 Å². The Bertz CT molecular complexity index is 364. The van der Waals surface area contributed by atoms with Crippen molar-refractivity contribution in [3.63, 3.8) is 0 Å². The molecule has 0 saturated carbocycles. The molecule has 0 aromatic heterocycles. The fourth-order valence-electron chi connectivity index (χ4n) is 1.37. The summed E-state index contributed by atoms with van der Waals surface area (Å²) in [6.45, 7) is 4.28. The molecular formula is C13H18BrNO2. The first-order valence-electron chi connectivity index (χ1n) is 5.76. The Kier molecular flexibility index (Phi) is 5.65. The second-order valence-electron chi connectivity index (χ2n) is 4.17. The molecule has 2 N–H and O–H groups in total. The van der Waals surface area contributed by atoms with E-state index in [0.29, 0.717) is 12.1 Å². The second kappa shape index (κ2) is 6.77. The quantitative estimate of drug-likeness (QED) is 0.878. The summed E-state index contributed by atoms with van der Waals surface area (Å²) in [5.41, 5.74) is 0.601. The average Bonchev–Trinajstić information content (AvgIpc) is 2.35. The molecule has 2 unspecified atom stereocenters. The van der Waals surface area contributed by atoms with E-state index < -0.39 is 6.10 Å². The monoisotopic (exact) mass is 299 g/mol. The molecule has 1 amide bonds. The Morgan fingerprint density at radius 1 is 1.41 bits per heavy atom. The van der Waals surface area contributed by atoms with Gasteiger partial charge in [-0.2, -0.15) is 0 Å². The topological polar surface area (TPSA) is 49.3 Å². The van der Waals surface area contributed by atoms with Crippen molar-refractivity contribution in [3.05, 3.63) is 34.3 Å². The smallest absolute Gasteiger partial charge is 0.251 e. The fourth-order valence-corrected chi connectivity index (χ4v) is 1.64. The summed E-state index contributed by atoms with van der Waals surface area (Å²) in [4.78, 5) is 11.7. The summed E-state index contributed by atoms with van der Waals surface area (Å²) in [5.74, 6) is 0.0417. The SMILES string of the molecule is CCC(C)C(O)CNC(=O)c1ccc(Br)cc1. The zero-order chi connectivity index (χ0) is 12.8. The predicted octanol–water partition coefficient (Wildman–Crippen LogP) is 2.59. The van der Waals surface area contributed by atoms with Crippen molar-refractivity contribution in [1.82, 2.24) is 5.32 Å². The number of benzene rings is 1. The van der Waals surface area contributed by atoms with Crippen molar-refractivity contribution < 1.29 is 9.90 Å². The van der Waals surface area contributed by atoms with E-state index in [-0.39, 0.29) is 11.8 Å². The maximum absolute atomic E-state index is 11.7. The Hall–Kier alpha value is -0.870. The molecule has 0 bridgehead atoms. The highest BCUT2D eigenvalue weighted by atomic mass is 79.9. The van der Waals surface area contributed by atoms with E-state index in [2.05, 4.69) is 21.2 Å². The number of carbonyl (C=O) groups excluding carboxylic acids is 1. The Morgan fingerprint density at radius 3 is 2.53 bits per heavy atom. The molecule has 0 aliphatic carbocycles. The first-order valence-corrected chi connectivity index (χ1v) is 6.55. The van der Waals surface area contributed by atoms with Crippen LogP contribution in [-0.2, 0) is 0 Å². The lowest BCUT2D eigenvalue weighted by atomic mass is 10.0. The minimum atomic E-state index is -0.487. The number of hydrogen-bond donors (Lipinski definition) is 2. The Balaban J connectivity index is 2.47. The molecule has 1 aromatic carbocycles. The van der Waals surface area contributed by atoms with Crippen LogP contribution in [0.3, 0.4) is 0 Å². The van der Waals surface area contributed by atoms with Crippen molar-refractivity contribution in [2.24, 2.45) is 5.92 Å². The lowest BCUT2D eigenvalue weighted by Crippen LogP contribution is -2.35. The van der Waals surface area contributed by atoms with Crippen LogP contribution in [-0.4, -0.2) is 23.7 Å².